The third-order valence-electron chi connectivity index (χ3n) is 1.60. The number of methoxy groups -OCH3 is 1. The van der Waals surface area contributed by atoms with Crippen LogP contribution in [0.1, 0.15) is 21.5 Å². The molecule has 1 N–H and O–H groups in total. The summed E-state index contributed by atoms with van der Waals surface area (Å²) in [5.41, 5.74) is 0. The summed E-state index contributed by atoms with van der Waals surface area (Å²) >= 11 is 1.47. The first-order chi connectivity index (χ1) is 6.27. The van der Waals surface area contributed by atoms with Crippen molar-refractivity contribution in [2.24, 2.45) is 0 Å². The Morgan fingerprint density at radius 2 is 2.38 bits per heavy atom. The molecule has 13 heavy (non-hydrogen) atoms. The lowest BCUT2D eigenvalue weighted by atomic mass is 10.4. The number of ether oxygens (including phenoxy) is 1. The fraction of sp³-hybridized carbons (Fsp3) is 0.444. The molecule has 1 aromatic heterocycles. The van der Waals surface area contributed by atoms with Crippen LogP contribution < -0.4 is 5.32 Å². The highest BCUT2D eigenvalue weighted by Crippen LogP contribution is 2.16. The van der Waals surface area contributed by atoms with Crippen molar-refractivity contribution in [2.45, 2.75) is 13.5 Å². The summed E-state index contributed by atoms with van der Waals surface area (Å²) in [4.78, 5) is 12.9. The number of esters is 1. The topological polar surface area (TPSA) is 38.3 Å². The zero-order chi connectivity index (χ0) is 9.68. The van der Waals surface area contributed by atoms with Crippen molar-refractivity contribution in [2.75, 3.05) is 13.7 Å². The van der Waals surface area contributed by atoms with Crippen LogP contribution in [0.25, 0.3) is 0 Å². The van der Waals surface area contributed by atoms with Gasteiger partial charge in [0.25, 0.3) is 0 Å². The molecular weight excluding hydrogens is 186 g/mol. The van der Waals surface area contributed by atoms with Crippen molar-refractivity contribution < 1.29 is 9.53 Å². The zero-order valence-electron chi connectivity index (χ0n) is 7.79. The van der Waals surface area contributed by atoms with E-state index in [1.807, 2.05) is 6.07 Å². The zero-order valence-corrected chi connectivity index (χ0v) is 8.61. The summed E-state index contributed by atoms with van der Waals surface area (Å²) in [6.07, 6.45) is 0. The third-order valence-corrected chi connectivity index (χ3v) is 2.66. The second-order valence-corrected chi connectivity index (χ2v) is 3.71. The van der Waals surface area contributed by atoms with Crippen molar-refractivity contribution in [1.82, 2.24) is 5.32 Å². The minimum atomic E-state index is -0.257. The maximum absolute atomic E-state index is 11.1. The van der Waals surface area contributed by atoms with Gasteiger partial charge in [-0.25, -0.2) is 4.79 Å². The molecule has 0 amide bonds. The molecule has 0 radical (unpaired) electrons. The van der Waals surface area contributed by atoms with E-state index in [0.717, 1.165) is 18.0 Å². The van der Waals surface area contributed by atoms with Crippen LogP contribution in [0.15, 0.2) is 12.1 Å². The predicted octanol–water partition coefficient (Wildman–Crippen LogP) is 1.64. The van der Waals surface area contributed by atoms with Crippen LogP contribution in [-0.4, -0.2) is 19.6 Å². The molecule has 1 heterocycles. The molecule has 72 valence electrons. The highest BCUT2D eigenvalue weighted by atomic mass is 32.1. The third kappa shape index (κ3) is 2.82. The van der Waals surface area contributed by atoms with Crippen molar-refractivity contribution in [1.29, 1.82) is 0 Å². The number of hydrogen-bond acceptors (Lipinski definition) is 4. The Morgan fingerprint density at radius 1 is 1.62 bits per heavy atom. The number of rotatable bonds is 4. The summed E-state index contributed by atoms with van der Waals surface area (Å²) in [5, 5.41) is 3.19. The molecule has 1 aromatic rings. The molecule has 1 rings (SSSR count). The minimum absolute atomic E-state index is 0.257. The average molecular weight is 199 g/mol. The van der Waals surface area contributed by atoms with Gasteiger partial charge >= 0.3 is 5.97 Å². The van der Waals surface area contributed by atoms with Crippen LogP contribution in [-0.2, 0) is 11.3 Å². The molecule has 0 unspecified atom stereocenters. The van der Waals surface area contributed by atoms with Crippen LogP contribution >= 0.6 is 11.3 Å². The molecule has 0 aliphatic heterocycles. The van der Waals surface area contributed by atoms with Crippen LogP contribution in [0.4, 0.5) is 0 Å². The molecule has 0 spiro atoms. The van der Waals surface area contributed by atoms with E-state index in [1.54, 1.807) is 6.07 Å². The fourth-order valence-electron chi connectivity index (χ4n) is 0.931. The Labute approximate surface area is 81.7 Å². The van der Waals surface area contributed by atoms with E-state index in [0.29, 0.717) is 4.88 Å². The molecular formula is C9H13NO2S. The van der Waals surface area contributed by atoms with Gasteiger partial charge in [0, 0.05) is 11.4 Å². The second-order valence-electron chi connectivity index (χ2n) is 2.54. The number of nitrogens with one attached hydrogen (secondary N) is 1. The second kappa shape index (κ2) is 4.99. The summed E-state index contributed by atoms with van der Waals surface area (Å²) in [6, 6.07) is 3.74. The molecule has 0 aliphatic carbocycles. The number of thiophene rings is 1. The Balaban J connectivity index is 2.58. The summed E-state index contributed by atoms with van der Waals surface area (Å²) in [6.45, 7) is 3.80. The average Bonchev–Trinajstić information content (AvgIpc) is 2.62. The molecule has 3 nitrogen and oxygen atoms in total. The van der Waals surface area contributed by atoms with Gasteiger partial charge in [-0.3, -0.25) is 0 Å². The highest BCUT2D eigenvalue weighted by molar-refractivity contribution is 7.13. The quantitative estimate of drug-likeness (QED) is 0.749. The van der Waals surface area contributed by atoms with Crippen LogP contribution in [0, 0.1) is 0 Å². The van der Waals surface area contributed by atoms with Crippen molar-refractivity contribution >= 4 is 17.3 Å². The summed E-state index contributed by atoms with van der Waals surface area (Å²) < 4.78 is 4.61. The minimum Gasteiger partial charge on any atom is -0.465 e. The van der Waals surface area contributed by atoms with Gasteiger partial charge < -0.3 is 10.1 Å². The van der Waals surface area contributed by atoms with E-state index in [9.17, 15) is 4.79 Å². The Kier molecular flexibility index (Phi) is 3.92. The predicted molar refractivity (Wildman–Crippen MR) is 53.0 cm³/mol. The van der Waals surface area contributed by atoms with Gasteiger partial charge in [0.15, 0.2) is 0 Å². The summed E-state index contributed by atoms with van der Waals surface area (Å²) in [5.74, 6) is -0.257. The number of carbonyl (C=O) groups excluding carboxylic acids is 1. The molecule has 0 bridgehead atoms. The maximum Gasteiger partial charge on any atom is 0.348 e. The van der Waals surface area contributed by atoms with Crippen LogP contribution in [0.3, 0.4) is 0 Å². The molecule has 0 atom stereocenters. The van der Waals surface area contributed by atoms with Crippen molar-refractivity contribution in [3.63, 3.8) is 0 Å². The van der Waals surface area contributed by atoms with Gasteiger partial charge in [-0.15, -0.1) is 11.3 Å². The first kappa shape index (κ1) is 10.2. The Morgan fingerprint density at radius 3 is 3.00 bits per heavy atom. The van der Waals surface area contributed by atoms with E-state index in [4.69, 9.17) is 0 Å². The molecule has 4 heteroatoms. The van der Waals surface area contributed by atoms with E-state index in [2.05, 4.69) is 17.0 Å². The monoisotopic (exact) mass is 199 g/mol. The molecule has 0 aromatic carbocycles. The molecule has 0 fully saturated rings. The van der Waals surface area contributed by atoms with E-state index < -0.39 is 0 Å². The van der Waals surface area contributed by atoms with Crippen LogP contribution in [0.2, 0.25) is 0 Å². The number of hydrogen-bond donors (Lipinski definition) is 1. The fourth-order valence-corrected chi connectivity index (χ4v) is 1.83. The lowest BCUT2D eigenvalue weighted by Gasteiger charge is -1.96. The van der Waals surface area contributed by atoms with Crippen molar-refractivity contribution in [3.05, 3.63) is 21.9 Å². The van der Waals surface area contributed by atoms with E-state index >= 15 is 0 Å². The van der Waals surface area contributed by atoms with Gasteiger partial charge in [-0.1, -0.05) is 6.92 Å². The standard InChI is InChI=1S/C9H13NO2S/c1-3-10-6-7-4-5-8(13-7)9(11)12-2/h4-5,10H,3,6H2,1-2H3. The SMILES string of the molecule is CCNCc1ccc(C(=O)OC)s1. The van der Waals surface area contributed by atoms with E-state index in [-0.39, 0.29) is 5.97 Å². The van der Waals surface area contributed by atoms with Gasteiger partial charge in [0.05, 0.1) is 7.11 Å². The Bertz CT molecular complexity index is 283. The smallest absolute Gasteiger partial charge is 0.348 e. The highest BCUT2D eigenvalue weighted by Gasteiger charge is 2.07. The van der Waals surface area contributed by atoms with Crippen LogP contribution in [0.5, 0.6) is 0 Å². The largest absolute Gasteiger partial charge is 0.465 e. The van der Waals surface area contributed by atoms with Gasteiger partial charge in [0.2, 0.25) is 0 Å². The lowest BCUT2D eigenvalue weighted by molar-refractivity contribution is 0.0606. The normalized spacial score (nSPS) is 10.0. The summed E-state index contributed by atoms with van der Waals surface area (Å²) in [7, 11) is 1.39. The molecule has 0 saturated heterocycles. The first-order valence-corrected chi connectivity index (χ1v) is 4.97. The molecule has 0 saturated carbocycles. The lowest BCUT2D eigenvalue weighted by Crippen LogP contribution is -2.10. The van der Waals surface area contributed by atoms with Gasteiger partial charge in [-0.2, -0.15) is 0 Å². The first-order valence-electron chi connectivity index (χ1n) is 4.15. The van der Waals surface area contributed by atoms with E-state index in [1.165, 1.54) is 18.4 Å². The van der Waals surface area contributed by atoms with Gasteiger partial charge in [-0.05, 0) is 18.7 Å². The molecule has 0 aliphatic rings. The maximum atomic E-state index is 11.1. The van der Waals surface area contributed by atoms with Gasteiger partial charge in [0.1, 0.15) is 4.88 Å². The number of carbonyl (C=O) groups is 1. The Hall–Kier alpha value is -0.870. The van der Waals surface area contributed by atoms with Crippen molar-refractivity contribution in [3.8, 4) is 0 Å².